The fraction of sp³-hybridized carbons (Fsp3) is 0.667. The van der Waals surface area contributed by atoms with Gasteiger partial charge in [-0.1, -0.05) is 32.6 Å². The minimum atomic E-state index is -2.59. The van der Waals surface area contributed by atoms with Crippen LogP contribution in [0.15, 0.2) is 21.9 Å². The largest absolute Gasteiger partial charge is 0.613 e. The Morgan fingerprint density at radius 3 is 2.41 bits per heavy atom. The zero-order valence-electron chi connectivity index (χ0n) is 18.9. The zero-order chi connectivity index (χ0) is 26.0. The van der Waals surface area contributed by atoms with E-state index in [-0.39, 0.29) is 11.4 Å². The number of nitrogens with zero attached hydrogens (tertiary/aromatic N) is 1. The lowest BCUT2D eigenvalue weighted by Gasteiger charge is -2.26. The van der Waals surface area contributed by atoms with E-state index in [1.54, 1.807) is 13.8 Å². The Morgan fingerprint density at radius 1 is 1.24 bits per heavy atom. The Morgan fingerprint density at radius 2 is 1.88 bits per heavy atom. The standard InChI is InChI=1S/C18H27BrClN4O9P/c1-9(2)31-17(27)11(4)23-34(29)30-8-12(15(20)33-16(26)10(3)21)32-14(7-19)24-6-5-13(25)22-18(24)28/h5-6,9-12,14-15H,7-8,21H2,1-4H3,(H-,22,23,25,28,29)/p+1/t10-,11-,12+,14+,15+/m0/s1. The third-order valence-electron chi connectivity index (χ3n) is 3.88. The van der Waals surface area contributed by atoms with Crippen LogP contribution in [-0.2, 0) is 32.9 Å². The summed E-state index contributed by atoms with van der Waals surface area (Å²) in [5.74, 6) is -1.47. The van der Waals surface area contributed by atoms with E-state index in [1.807, 2.05) is 0 Å². The van der Waals surface area contributed by atoms with Crippen LogP contribution in [0, 0.1) is 0 Å². The van der Waals surface area contributed by atoms with Crippen molar-refractivity contribution in [3.05, 3.63) is 33.1 Å². The van der Waals surface area contributed by atoms with Crippen molar-refractivity contribution in [1.82, 2.24) is 14.6 Å². The topological polar surface area (TPSA) is 181 Å². The molecule has 1 rings (SSSR count). The van der Waals surface area contributed by atoms with Crippen LogP contribution < -0.4 is 22.1 Å². The number of aromatic nitrogens is 2. The summed E-state index contributed by atoms with van der Waals surface area (Å²) < 4.78 is 34.4. The Balaban J connectivity index is 2.96. The summed E-state index contributed by atoms with van der Waals surface area (Å²) in [6.45, 7) is 5.68. The maximum absolute atomic E-state index is 12.3. The number of carbonyl (C=O) groups is 2. The van der Waals surface area contributed by atoms with Crippen LogP contribution in [0.25, 0.3) is 0 Å². The molecule has 0 saturated carbocycles. The second kappa shape index (κ2) is 14.7. The van der Waals surface area contributed by atoms with Gasteiger partial charge in [-0.15, -0.1) is 4.52 Å². The molecule has 1 aromatic rings. The molecule has 13 nitrogen and oxygen atoms in total. The Bertz CT molecular complexity index is 958. The number of alkyl halides is 2. The number of H-pyrrole nitrogens is 1. The molecular formula is C18H28BrClN4O9P+. The number of carbonyl (C=O) groups excluding carboxylic acids is 2. The second-order valence-electron chi connectivity index (χ2n) is 7.27. The summed E-state index contributed by atoms with van der Waals surface area (Å²) >= 11 is 9.38. The molecule has 0 aliphatic heterocycles. The summed E-state index contributed by atoms with van der Waals surface area (Å²) in [6.07, 6.45) is -1.43. The first-order chi connectivity index (χ1) is 15.8. The number of hydrogen-bond donors (Lipinski definition) is 3. The van der Waals surface area contributed by atoms with Crippen LogP contribution in [-0.4, -0.2) is 63.3 Å². The molecule has 0 radical (unpaired) electrons. The van der Waals surface area contributed by atoms with Crippen molar-refractivity contribution in [2.24, 2.45) is 5.73 Å². The van der Waals surface area contributed by atoms with E-state index in [2.05, 4.69) is 26.0 Å². The minimum absolute atomic E-state index is 0.0583. The van der Waals surface area contributed by atoms with E-state index in [4.69, 9.17) is 36.1 Å². The van der Waals surface area contributed by atoms with E-state index in [0.29, 0.717) is 0 Å². The maximum Gasteiger partial charge on any atom is 0.613 e. The van der Waals surface area contributed by atoms with Gasteiger partial charge in [0.1, 0.15) is 31.0 Å². The second-order valence-corrected chi connectivity index (χ2v) is 9.38. The van der Waals surface area contributed by atoms with Crippen LogP contribution in [0.5, 0.6) is 0 Å². The van der Waals surface area contributed by atoms with Crippen LogP contribution in [0.2, 0.25) is 0 Å². The first kappa shape index (κ1) is 30.4. The molecule has 0 amide bonds. The Labute approximate surface area is 209 Å². The van der Waals surface area contributed by atoms with Gasteiger partial charge in [0.05, 0.1) is 6.10 Å². The van der Waals surface area contributed by atoms with Crippen molar-refractivity contribution in [1.29, 1.82) is 0 Å². The quantitative estimate of drug-likeness (QED) is 0.159. The zero-order valence-corrected chi connectivity index (χ0v) is 22.2. The minimum Gasteiger partial charge on any atom is -0.462 e. The molecule has 1 aromatic heterocycles. The predicted octanol–water partition coefficient (Wildman–Crippen LogP) is 0.874. The normalized spacial score (nSPS) is 16.3. The van der Waals surface area contributed by atoms with Crippen molar-refractivity contribution in [2.75, 3.05) is 11.9 Å². The Hall–Kier alpha value is -1.67. The number of ether oxygens (including phenoxy) is 3. The molecule has 0 saturated heterocycles. The van der Waals surface area contributed by atoms with Crippen LogP contribution >= 0.6 is 35.7 Å². The van der Waals surface area contributed by atoms with E-state index < -0.39 is 68.0 Å². The van der Waals surface area contributed by atoms with Crippen LogP contribution in [0.3, 0.4) is 0 Å². The highest BCUT2D eigenvalue weighted by atomic mass is 79.9. The molecule has 0 spiro atoms. The van der Waals surface area contributed by atoms with E-state index in [0.717, 1.165) is 10.6 Å². The SMILES string of the molecule is CC(C)OC(=O)[C@H](C)N[P+](=O)OC[C@@H](O[C@H](CBr)n1ccc(=O)[nH]c1=O)[C@H](Cl)OC(=O)[C@H](C)N. The van der Waals surface area contributed by atoms with Gasteiger partial charge in [-0.05, 0) is 32.3 Å². The average Bonchev–Trinajstić information content (AvgIpc) is 2.73. The summed E-state index contributed by atoms with van der Waals surface area (Å²) in [5, 5.41) is 2.49. The fourth-order valence-corrected chi connectivity index (χ4v) is 3.69. The highest BCUT2D eigenvalue weighted by molar-refractivity contribution is 9.09. The first-order valence-corrected chi connectivity index (χ1v) is 12.8. The highest BCUT2D eigenvalue weighted by Gasteiger charge is 2.34. The summed E-state index contributed by atoms with van der Waals surface area (Å²) in [4.78, 5) is 49.3. The van der Waals surface area contributed by atoms with Crippen molar-refractivity contribution in [2.45, 2.75) is 63.8 Å². The summed E-state index contributed by atoms with van der Waals surface area (Å²) in [7, 11) is -2.59. The lowest BCUT2D eigenvalue weighted by Crippen LogP contribution is -2.41. The third kappa shape index (κ3) is 10.3. The van der Waals surface area contributed by atoms with Crippen molar-refractivity contribution in [3.63, 3.8) is 0 Å². The molecule has 1 unspecified atom stereocenters. The third-order valence-corrected chi connectivity index (χ3v) is 5.78. The maximum atomic E-state index is 12.3. The van der Waals surface area contributed by atoms with Gasteiger partial charge in [0.15, 0.2) is 0 Å². The van der Waals surface area contributed by atoms with Gasteiger partial charge in [0.2, 0.25) is 5.56 Å². The smallest absolute Gasteiger partial charge is 0.462 e. The van der Waals surface area contributed by atoms with Gasteiger partial charge in [-0.3, -0.25) is 23.9 Å². The molecule has 4 N–H and O–H groups in total. The monoisotopic (exact) mass is 589 g/mol. The van der Waals surface area contributed by atoms with E-state index in [1.165, 1.54) is 20.0 Å². The molecule has 34 heavy (non-hydrogen) atoms. The lowest BCUT2D eigenvalue weighted by molar-refractivity contribution is -0.158. The number of hydrogen-bond acceptors (Lipinski definition) is 10. The molecule has 192 valence electrons. The molecule has 6 atom stereocenters. The van der Waals surface area contributed by atoms with Crippen molar-refractivity contribution < 1.29 is 32.9 Å². The summed E-state index contributed by atoms with van der Waals surface area (Å²) in [5.41, 5.74) is 2.66. The van der Waals surface area contributed by atoms with Gasteiger partial charge in [-0.2, -0.15) is 0 Å². The molecule has 0 aliphatic carbocycles. The van der Waals surface area contributed by atoms with Gasteiger partial charge >= 0.3 is 25.8 Å². The van der Waals surface area contributed by atoms with Gasteiger partial charge < -0.3 is 19.9 Å². The molecular weight excluding hydrogens is 563 g/mol. The predicted molar refractivity (Wildman–Crippen MR) is 126 cm³/mol. The number of aromatic amines is 1. The Kier molecular flexibility index (Phi) is 13.1. The number of nitrogens with two attached hydrogens (primary N) is 1. The van der Waals surface area contributed by atoms with Crippen molar-refractivity contribution >= 4 is 47.6 Å². The first-order valence-electron chi connectivity index (χ1n) is 10.1. The van der Waals surface area contributed by atoms with E-state index in [9.17, 15) is 23.7 Å². The number of rotatable bonds is 14. The molecule has 0 fully saturated rings. The summed E-state index contributed by atoms with van der Waals surface area (Å²) in [6, 6.07) is -0.815. The van der Waals surface area contributed by atoms with Crippen molar-refractivity contribution in [3.8, 4) is 0 Å². The highest BCUT2D eigenvalue weighted by Crippen LogP contribution is 2.24. The molecule has 0 aromatic carbocycles. The van der Waals surface area contributed by atoms with Crippen LogP contribution in [0.1, 0.15) is 33.9 Å². The van der Waals surface area contributed by atoms with Crippen LogP contribution in [0.4, 0.5) is 0 Å². The fourth-order valence-electron chi connectivity index (χ4n) is 2.23. The number of esters is 2. The van der Waals surface area contributed by atoms with Gasteiger partial charge in [-0.25, -0.2) is 4.79 Å². The number of nitrogens with one attached hydrogen (secondary N) is 2. The number of halogens is 2. The van der Waals surface area contributed by atoms with Gasteiger partial charge in [0.25, 0.3) is 5.56 Å². The molecule has 0 bridgehead atoms. The lowest BCUT2D eigenvalue weighted by atomic mass is 10.3. The van der Waals surface area contributed by atoms with E-state index >= 15 is 0 Å². The average molecular weight is 591 g/mol. The molecule has 1 heterocycles. The van der Waals surface area contributed by atoms with Gasteiger partial charge in [0, 0.05) is 17.6 Å². The molecule has 0 aliphatic rings. The molecule has 16 heteroatoms.